The Morgan fingerprint density at radius 3 is 2.22 bits per heavy atom. The highest BCUT2D eigenvalue weighted by Gasteiger charge is 2.43. The summed E-state index contributed by atoms with van der Waals surface area (Å²) in [7, 11) is 0. The quantitative estimate of drug-likeness (QED) is 0.620. The van der Waals surface area contributed by atoms with Crippen molar-refractivity contribution in [2.45, 2.75) is 45.9 Å². The van der Waals surface area contributed by atoms with Gasteiger partial charge in [0.15, 0.2) is 0 Å². The molecule has 2 aromatic carbocycles. The molecule has 0 radical (unpaired) electrons. The summed E-state index contributed by atoms with van der Waals surface area (Å²) in [6, 6.07) is 17.1. The Bertz CT molecular complexity index is 990. The van der Waals surface area contributed by atoms with Crippen molar-refractivity contribution in [2.75, 3.05) is 19.7 Å². The number of rotatable bonds is 7. The van der Waals surface area contributed by atoms with Gasteiger partial charge >= 0.3 is 0 Å². The fraction of sp³-hybridized carbons (Fsp3) is 0.385. The summed E-state index contributed by atoms with van der Waals surface area (Å²) >= 11 is 0. The molecule has 0 saturated carbocycles. The van der Waals surface area contributed by atoms with Crippen molar-refractivity contribution in [3.63, 3.8) is 0 Å². The van der Waals surface area contributed by atoms with Gasteiger partial charge in [0.05, 0.1) is 30.9 Å². The maximum atomic E-state index is 13.6. The van der Waals surface area contributed by atoms with Gasteiger partial charge in [-0.1, -0.05) is 49.4 Å². The van der Waals surface area contributed by atoms with E-state index in [1.165, 1.54) is 4.90 Å². The molecule has 6 heteroatoms. The van der Waals surface area contributed by atoms with E-state index >= 15 is 0 Å². The second kappa shape index (κ2) is 9.57. The molecule has 4 rings (SSSR count). The van der Waals surface area contributed by atoms with E-state index < -0.39 is 0 Å². The van der Waals surface area contributed by atoms with Crippen molar-refractivity contribution >= 4 is 17.4 Å². The number of carbonyl (C=O) groups is 2. The van der Waals surface area contributed by atoms with Gasteiger partial charge in [-0.25, -0.2) is 0 Å². The first kappa shape index (κ1) is 22.1. The van der Waals surface area contributed by atoms with Gasteiger partial charge in [-0.3, -0.25) is 14.5 Å². The minimum absolute atomic E-state index is 0.0246. The van der Waals surface area contributed by atoms with Crippen LogP contribution >= 0.6 is 0 Å². The molecule has 2 atom stereocenters. The Morgan fingerprint density at radius 2 is 1.59 bits per heavy atom. The maximum Gasteiger partial charge on any atom is 0.278 e. The lowest BCUT2D eigenvalue weighted by atomic mass is 10.0. The van der Waals surface area contributed by atoms with Crippen LogP contribution in [0.15, 0.2) is 60.3 Å². The lowest BCUT2D eigenvalue weighted by molar-refractivity contribution is -0.139. The van der Waals surface area contributed by atoms with E-state index in [4.69, 9.17) is 9.47 Å². The van der Waals surface area contributed by atoms with Crippen LogP contribution in [0.4, 0.5) is 0 Å². The fourth-order valence-electron chi connectivity index (χ4n) is 4.32. The van der Waals surface area contributed by atoms with E-state index in [1.807, 2.05) is 73.3 Å². The molecule has 1 saturated heterocycles. The van der Waals surface area contributed by atoms with Crippen LogP contribution in [0.1, 0.15) is 38.3 Å². The van der Waals surface area contributed by atoms with Gasteiger partial charge in [0.1, 0.15) is 11.4 Å². The molecular weight excluding hydrogens is 404 g/mol. The summed E-state index contributed by atoms with van der Waals surface area (Å²) in [5.74, 6) is 0.244. The number of amides is 2. The third kappa shape index (κ3) is 4.55. The maximum absolute atomic E-state index is 13.6. The lowest BCUT2D eigenvalue weighted by Gasteiger charge is -2.37. The molecule has 0 bridgehead atoms. The Kier molecular flexibility index (Phi) is 6.61. The molecule has 0 spiro atoms. The highest BCUT2D eigenvalue weighted by Crippen LogP contribution is 2.34. The molecule has 1 fully saturated rings. The third-order valence-electron chi connectivity index (χ3n) is 5.68. The van der Waals surface area contributed by atoms with E-state index in [-0.39, 0.29) is 30.6 Å². The largest absolute Gasteiger partial charge is 0.494 e. The molecule has 2 aliphatic heterocycles. The van der Waals surface area contributed by atoms with Crippen LogP contribution in [-0.4, -0.2) is 53.5 Å². The topological polar surface area (TPSA) is 59.1 Å². The van der Waals surface area contributed by atoms with Crippen molar-refractivity contribution in [2.24, 2.45) is 0 Å². The molecule has 0 aliphatic carbocycles. The van der Waals surface area contributed by atoms with Crippen LogP contribution in [0.2, 0.25) is 0 Å². The average Bonchev–Trinajstić information content (AvgIpc) is 3.03. The monoisotopic (exact) mass is 434 g/mol. The Labute approximate surface area is 189 Å². The molecule has 32 heavy (non-hydrogen) atoms. The van der Waals surface area contributed by atoms with Crippen LogP contribution in [0.25, 0.3) is 5.57 Å². The summed E-state index contributed by atoms with van der Waals surface area (Å²) < 4.78 is 11.6. The summed E-state index contributed by atoms with van der Waals surface area (Å²) in [6.45, 7) is 8.06. The molecule has 0 N–H and O–H groups in total. The van der Waals surface area contributed by atoms with E-state index in [1.54, 1.807) is 0 Å². The van der Waals surface area contributed by atoms with Crippen molar-refractivity contribution in [1.29, 1.82) is 0 Å². The number of hydrogen-bond acceptors (Lipinski definition) is 5. The molecule has 168 valence electrons. The van der Waals surface area contributed by atoms with Crippen molar-refractivity contribution < 1.29 is 19.1 Å². The van der Waals surface area contributed by atoms with E-state index in [2.05, 4.69) is 6.92 Å². The second-order valence-corrected chi connectivity index (χ2v) is 8.44. The Balaban J connectivity index is 1.70. The predicted octanol–water partition coefficient (Wildman–Crippen LogP) is 3.86. The van der Waals surface area contributed by atoms with Crippen LogP contribution in [-0.2, 0) is 20.9 Å². The summed E-state index contributed by atoms with van der Waals surface area (Å²) in [5.41, 5.74) is 2.57. The highest BCUT2D eigenvalue weighted by molar-refractivity contribution is 6.35. The van der Waals surface area contributed by atoms with Crippen LogP contribution in [0.3, 0.4) is 0 Å². The zero-order chi connectivity index (χ0) is 22.7. The number of imide groups is 1. The zero-order valence-corrected chi connectivity index (χ0v) is 18.9. The van der Waals surface area contributed by atoms with Gasteiger partial charge in [0.2, 0.25) is 0 Å². The molecule has 2 unspecified atom stereocenters. The van der Waals surface area contributed by atoms with Gasteiger partial charge in [0.25, 0.3) is 11.8 Å². The number of carbonyl (C=O) groups excluding carboxylic acids is 2. The first-order valence-electron chi connectivity index (χ1n) is 11.3. The van der Waals surface area contributed by atoms with Crippen LogP contribution in [0.5, 0.6) is 5.75 Å². The van der Waals surface area contributed by atoms with Gasteiger partial charge in [-0.2, -0.15) is 0 Å². The minimum Gasteiger partial charge on any atom is -0.494 e. The second-order valence-electron chi connectivity index (χ2n) is 8.44. The Hall–Kier alpha value is -3.12. The number of morpholine rings is 1. The van der Waals surface area contributed by atoms with Crippen molar-refractivity contribution in [3.8, 4) is 5.75 Å². The molecule has 2 heterocycles. The van der Waals surface area contributed by atoms with E-state index in [9.17, 15) is 9.59 Å². The average molecular weight is 435 g/mol. The number of hydrogen-bond donors (Lipinski definition) is 0. The number of benzene rings is 2. The van der Waals surface area contributed by atoms with E-state index in [0.717, 1.165) is 23.3 Å². The molecular formula is C26H30N2O4. The summed E-state index contributed by atoms with van der Waals surface area (Å²) in [5, 5.41) is 0. The van der Waals surface area contributed by atoms with Gasteiger partial charge in [-0.05, 0) is 43.5 Å². The SMILES string of the molecule is CCCOc1ccc(C2=C(N3CC(C)OC(C)C3)C(=O)N(Cc3ccccc3)C2=O)cc1. The third-order valence-corrected chi connectivity index (χ3v) is 5.68. The van der Waals surface area contributed by atoms with Gasteiger partial charge < -0.3 is 14.4 Å². The van der Waals surface area contributed by atoms with Gasteiger partial charge in [0, 0.05) is 13.1 Å². The van der Waals surface area contributed by atoms with Crippen LogP contribution in [0, 0.1) is 0 Å². The lowest BCUT2D eigenvalue weighted by Crippen LogP contribution is -2.46. The Morgan fingerprint density at radius 1 is 0.938 bits per heavy atom. The first-order valence-corrected chi connectivity index (χ1v) is 11.3. The molecule has 2 amide bonds. The van der Waals surface area contributed by atoms with Crippen molar-refractivity contribution in [1.82, 2.24) is 9.80 Å². The predicted molar refractivity (Wildman–Crippen MR) is 123 cm³/mol. The molecule has 6 nitrogen and oxygen atoms in total. The van der Waals surface area contributed by atoms with Crippen LogP contribution < -0.4 is 4.74 Å². The fourth-order valence-corrected chi connectivity index (χ4v) is 4.32. The smallest absolute Gasteiger partial charge is 0.278 e. The van der Waals surface area contributed by atoms with Gasteiger partial charge in [-0.15, -0.1) is 0 Å². The van der Waals surface area contributed by atoms with Crippen molar-refractivity contribution in [3.05, 3.63) is 71.4 Å². The summed E-state index contributed by atoms with van der Waals surface area (Å²) in [4.78, 5) is 30.5. The summed E-state index contributed by atoms with van der Waals surface area (Å²) in [6.07, 6.45) is 0.873. The first-order chi connectivity index (χ1) is 15.5. The molecule has 2 aliphatic rings. The van der Waals surface area contributed by atoms with E-state index in [0.29, 0.717) is 31.0 Å². The highest BCUT2D eigenvalue weighted by atomic mass is 16.5. The molecule has 0 aromatic heterocycles. The zero-order valence-electron chi connectivity index (χ0n) is 18.9. The number of nitrogens with zero attached hydrogens (tertiary/aromatic N) is 2. The standard InChI is InChI=1S/C26H30N2O4/c1-4-14-31-22-12-10-21(11-13-22)23-24(27-15-18(2)32-19(3)16-27)26(30)28(25(23)29)17-20-8-6-5-7-9-20/h5-13,18-19H,4,14-17H2,1-3H3. The normalized spacial score (nSPS) is 21.5. The minimum atomic E-state index is -0.261. The molecule has 2 aromatic rings. The number of ether oxygens (including phenoxy) is 2.